The first-order chi connectivity index (χ1) is 8.97. The fourth-order valence-electron chi connectivity index (χ4n) is 2.16. The maximum atomic E-state index is 11.8. The van der Waals surface area contributed by atoms with Gasteiger partial charge < -0.3 is 10.0 Å². The number of benzene rings is 1. The Morgan fingerprint density at radius 2 is 2.11 bits per heavy atom. The molecule has 6 heteroatoms. The van der Waals surface area contributed by atoms with Crippen molar-refractivity contribution in [2.45, 2.75) is 24.3 Å². The lowest BCUT2D eigenvalue weighted by molar-refractivity contribution is -0.148. The van der Waals surface area contributed by atoms with Crippen LogP contribution in [0, 0.1) is 3.57 Å². The van der Waals surface area contributed by atoms with Gasteiger partial charge in [-0.2, -0.15) is 0 Å². The zero-order valence-electron chi connectivity index (χ0n) is 10.1. The van der Waals surface area contributed by atoms with Crippen molar-refractivity contribution in [1.29, 1.82) is 0 Å². The van der Waals surface area contributed by atoms with Crippen molar-refractivity contribution in [3.63, 3.8) is 0 Å². The van der Waals surface area contributed by atoms with Crippen molar-refractivity contribution in [1.82, 2.24) is 4.90 Å². The molecule has 1 aliphatic heterocycles. The Morgan fingerprint density at radius 3 is 2.58 bits per heavy atom. The van der Waals surface area contributed by atoms with Crippen LogP contribution in [0.25, 0.3) is 0 Å². The lowest BCUT2D eigenvalue weighted by Gasteiger charge is -2.24. The van der Waals surface area contributed by atoms with Crippen molar-refractivity contribution in [2.24, 2.45) is 0 Å². The van der Waals surface area contributed by atoms with E-state index in [9.17, 15) is 14.7 Å². The van der Waals surface area contributed by atoms with Gasteiger partial charge in [0.1, 0.15) is 6.04 Å². The summed E-state index contributed by atoms with van der Waals surface area (Å²) in [7, 11) is 0. The van der Waals surface area contributed by atoms with E-state index in [1.165, 1.54) is 4.90 Å². The quantitative estimate of drug-likeness (QED) is 0.630. The van der Waals surface area contributed by atoms with Crippen LogP contribution in [-0.2, 0) is 16.0 Å². The molecule has 1 aromatic rings. The van der Waals surface area contributed by atoms with Crippen LogP contribution in [-0.4, -0.2) is 39.8 Å². The van der Waals surface area contributed by atoms with Gasteiger partial charge in [0.2, 0.25) is 5.91 Å². The van der Waals surface area contributed by atoms with E-state index in [2.05, 4.69) is 22.6 Å². The number of rotatable bonds is 4. The molecule has 0 aliphatic carbocycles. The fraction of sp³-hybridized carbons (Fsp3) is 0.385. The maximum absolute atomic E-state index is 11.8. The molecule has 0 saturated carbocycles. The third-order valence-corrected chi connectivity index (χ3v) is 4.13. The minimum atomic E-state index is -0.988. The summed E-state index contributed by atoms with van der Waals surface area (Å²) in [6, 6.07) is 6.78. The average molecular weight is 394 g/mol. The number of halogens is 2. The number of carbonyl (C=O) groups is 2. The largest absolute Gasteiger partial charge is 0.480 e. The van der Waals surface area contributed by atoms with Crippen LogP contribution in [0.15, 0.2) is 24.3 Å². The summed E-state index contributed by atoms with van der Waals surface area (Å²) >= 11 is 8.11. The third-order valence-electron chi connectivity index (χ3n) is 3.11. The van der Waals surface area contributed by atoms with Crippen LogP contribution < -0.4 is 0 Å². The number of alkyl halides is 1. The molecular weight excluding hydrogens is 381 g/mol. The van der Waals surface area contributed by atoms with Crippen LogP contribution in [0.3, 0.4) is 0 Å². The van der Waals surface area contributed by atoms with Gasteiger partial charge in [-0.25, -0.2) is 4.79 Å². The Kier molecular flexibility index (Phi) is 4.67. The van der Waals surface area contributed by atoms with Crippen molar-refractivity contribution in [3.05, 3.63) is 33.4 Å². The van der Waals surface area contributed by atoms with Gasteiger partial charge >= 0.3 is 5.97 Å². The SMILES string of the molecule is O=C(O)[C@H](Cc1ccc(I)cc1)N1CC(Cl)CC1=O. The number of likely N-dealkylation sites (tertiary alicyclic amines) is 1. The summed E-state index contributed by atoms with van der Waals surface area (Å²) in [4.78, 5) is 24.5. The van der Waals surface area contributed by atoms with E-state index in [4.69, 9.17) is 11.6 Å². The molecule has 2 atom stereocenters. The van der Waals surface area contributed by atoms with Gasteiger partial charge in [0.05, 0.1) is 5.38 Å². The minimum Gasteiger partial charge on any atom is -0.480 e. The number of aliphatic carboxylic acids is 1. The zero-order chi connectivity index (χ0) is 14.0. The summed E-state index contributed by atoms with van der Waals surface area (Å²) in [5.74, 6) is -1.17. The summed E-state index contributed by atoms with van der Waals surface area (Å²) in [5.41, 5.74) is 0.902. The van der Waals surface area contributed by atoms with Crippen LogP contribution in [0.4, 0.5) is 0 Å². The van der Waals surface area contributed by atoms with Gasteiger partial charge in [0.25, 0.3) is 0 Å². The van der Waals surface area contributed by atoms with Gasteiger partial charge in [-0.15, -0.1) is 11.6 Å². The second-order valence-corrected chi connectivity index (χ2v) is 6.39. The summed E-state index contributed by atoms with van der Waals surface area (Å²) in [5, 5.41) is 9.03. The molecule has 1 saturated heterocycles. The number of nitrogens with zero attached hydrogens (tertiary/aromatic N) is 1. The molecule has 1 aliphatic rings. The number of hydrogen-bond acceptors (Lipinski definition) is 2. The van der Waals surface area contributed by atoms with E-state index in [1.54, 1.807) is 0 Å². The van der Waals surface area contributed by atoms with E-state index in [0.717, 1.165) is 9.13 Å². The highest BCUT2D eigenvalue weighted by atomic mass is 127. The second-order valence-electron chi connectivity index (χ2n) is 4.53. The Bertz CT molecular complexity index is 491. The van der Waals surface area contributed by atoms with Crippen LogP contribution in [0.1, 0.15) is 12.0 Å². The Balaban J connectivity index is 2.15. The molecular formula is C13H13ClINO3. The van der Waals surface area contributed by atoms with E-state index in [0.29, 0.717) is 13.0 Å². The van der Waals surface area contributed by atoms with E-state index < -0.39 is 12.0 Å². The maximum Gasteiger partial charge on any atom is 0.326 e. The molecule has 2 rings (SSSR count). The highest BCUT2D eigenvalue weighted by Gasteiger charge is 2.36. The van der Waals surface area contributed by atoms with Crippen LogP contribution in [0.5, 0.6) is 0 Å². The first kappa shape index (κ1) is 14.6. The molecule has 1 amide bonds. The van der Waals surface area contributed by atoms with Crippen LogP contribution >= 0.6 is 34.2 Å². The number of amides is 1. The van der Waals surface area contributed by atoms with Gasteiger partial charge in [-0.05, 0) is 40.3 Å². The predicted molar refractivity (Wildman–Crippen MR) is 80.3 cm³/mol. The smallest absolute Gasteiger partial charge is 0.326 e. The van der Waals surface area contributed by atoms with Crippen molar-refractivity contribution >= 4 is 46.1 Å². The summed E-state index contributed by atoms with van der Waals surface area (Å²) in [6.07, 6.45) is 0.527. The van der Waals surface area contributed by atoms with Crippen molar-refractivity contribution in [2.75, 3.05) is 6.54 Å². The molecule has 1 heterocycles. The lowest BCUT2D eigenvalue weighted by Crippen LogP contribution is -2.43. The topological polar surface area (TPSA) is 57.6 Å². The predicted octanol–water partition coefficient (Wildman–Crippen LogP) is 2.13. The molecule has 102 valence electrons. The molecule has 1 aromatic carbocycles. The first-order valence-corrected chi connectivity index (χ1v) is 7.39. The molecule has 0 aromatic heterocycles. The highest BCUT2D eigenvalue weighted by Crippen LogP contribution is 2.21. The number of carbonyl (C=O) groups excluding carboxylic acids is 1. The molecule has 4 nitrogen and oxygen atoms in total. The summed E-state index contributed by atoms with van der Waals surface area (Å²) < 4.78 is 1.09. The van der Waals surface area contributed by atoms with Gasteiger partial charge in [-0.3, -0.25) is 4.79 Å². The van der Waals surface area contributed by atoms with Crippen LogP contribution in [0.2, 0.25) is 0 Å². The zero-order valence-corrected chi connectivity index (χ0v) is 13.0. The van der Waals surface area contributed by atoms with E-state index in [-0.39, 0.29) is 17.7 Å². The summed E-state index contributed by atoms with van der Waals surface area (Å²) in [6.45, 7) is 0.307. The molecule has 0 spiro atoms. The number of hydrogen-bond donors (Lipinski definition) is 1. The molecule has 0 radical (unpaired) electrons. The Labute approximate surface area is 129 Å². The highest BCUT2D eigenvalue weighted by molar-refractivity contribution is 14.1. The Hall–Kier alpha value is -0.820. The van der Waals surface area contributed by atoms with Gasteiger partial charge in [-0.1, -0.05) is 12.1 Å². The first-order valence-electron chi connectivity index (χ1n) is 5.88. The number of carboxylic acids is 1. The Morgan fingerprint density at radius 1 is 1.47 bits per heavy atom. The molecule has 1 N–H and O–H groups in total. The second kappa shape index (κ2) is 6.09. The molecule has 1 unspecified atom stereocenters. The molecule has 1 fully saturated rings. The standard InChI is InChI=1S/C13H13ClINO3/c14-9-6-12(17)16(7-9)11(13(18)19)5-8-1-3-10(15)4-2-8/h1-4,9,11H,5-7H2,(H,18,19)/t9?,11-/m0/s1. The number of carboxylic acid groups (broad SMARTS) is 1. The van der Waals surface area contributed by atoms with Gasteiger partial charge in [0.15, 0.2) is 0 Å². The average Bonchev–Trinajstić information content (AvgIpc) is 2.67. The van der Waals surface area contributed by atoms with Crippen molar-refractivity contribution in [3.8, 4) is 0 Å². The van der Waals surface area contributed by atoms with E-state index in [1.807, 2.05) is 24.3 Å². The molecule has 19 heavy (non-hydrogen) atoms. The van der Waals surface area contributed by atoms with E-state index >= 15 is 0 Å². The lowest BCUT2D eigenvalue weighted by atomic mass is 10.1. The van der Waals surface area contributed by atoms with Crippen molar-refractivity contribution < 1.29 is 14.7 Å². The normalized spacial score (nSPS) is 20.6. The van der Waals surface area contributed by atoms with Gasteiger partial charge in [0, 0.05) is 23.0 Å². The molecule has 0 bridgehead atoms. The third kappa shape index (κ3) is 3.60. The fourth-order valence-corrected chi connectivity index (χ4v) is 2.80. The monoisotopic (exact) mass is 393 g/mol. The minimum absolute atomic E-state index is 0.182.